The van der Waals surface area contributed by atoms with Gasteiger partial charge in [-0.3, -0.25) is 15.1 Å². The van der Waals surface area contributed by atoms with Crippen LogP contribution in [0.5, 0.6) is 0 Å². The first-order chi connectivity index (χ1) is 12.9. The number of pyridine rings is 1. The number of aromatic nitrogens is 3. The van der Waals surface area contributed by atoms with Crippen LogP contribution in [0.1, 0.15) is 0 Å². The Kier molecular flexibility index (Phi) is 4.08. The molecular formula is C18H14FN5O2S. The highest BCUT2D eigenvalue weighted by Gasteiger charge is 2.18. The van der Waals surface area contributed by atoms with E-state index in [4.69, 9.17) is 0 Å². The molecule has 0 aliphatic carbocycles. The Morgan fingerprint density at radius 3 is 2.70 bits per heavy atom. The smallest absolute Gasteiger partial charge is 0.272 e. The van der Waals surface area contributed by atoms with Crippen LogP contribution in [0.3, 0.4) is 0 Å². The highest BCUT2D eigenvalue weighted by Crippen LogP contribution is 2.39. The van der Waals surface area contributed by atoms with Crippen molar-refractivity contribution in [2.45, 2.75) is 0 Å². The number of aryl methyl sites for hydroxylation is 1. The van der Waals surface area contributed by atoms with Gasteiger partial charge in [-0.1, -0.05) is 0 Å². The number of nitro benzene ring substituents is 1. The van der Waals surface area contributed by atoms with E-state index in [9.17, 15) is 14.5 Å². The second-order valence-electron chi connectivity index (χ2n) is 6.03. The number of fused-ring (bicyclic) bond motifs is 1. The SMILES string of the molecule is CN(c1ccc([N+](=O)[O-])cc1F)c1ccnc2cc(-c3cn(C)cn3)sc12. The van der Waals surface area contributed by atoms with Gasteiger partial charge < -0.3 is 9.47 Å². The summed E-state index contributed by atoms with van der Waals surface area (Å²) in [4.78, 5) is 21.6. The Bertz CT molecular complexity index is 1170. The van der Waals surface area contributed by atoms with Gasteiger partial charge in [0.2, 0.25) is 0 Å². The number of nitrogens with zero attached hydrogens (tertiary/aromatic N) is 5. The molecule has 0 aliphatic rings. The molecule has 9 heteroatoms. The van der Waals surface area contributed by atoms with Crippen LogP contribution in [0.4, 0.5) is 21.5 Å². The monoisotopic (exact) mass is 383 g/mol. The van der Waals surface area contributed by atoms with Gasteiger partial charge in [0.1, 0.15) is 0 Å². The Morgan fingerprint density at radius 1 is 1.22 bits per heavy atom. The maximum atomic E-state index is 14.4. The van der Waals surface area contributed by atoms with Gasteiger partial charge in [0, 0.05) is 32.6 Å². The Balaban J connectivity index is 1.79. The van der Waals surface area contributed by atoms with E-state index in [2.05, 4.69) is 9.97 Å². The fraction of sp³-hybridized carbons (Fsp3) is 0.111. The third-order valence-corrected chi connectivity index (χ3v) is 5.38. The Hall–Kier alpha value is -3.33. The molecular weight excluding hydrogens is 369 g/mol. The molecule has 0 saturated heterocycles. The minimum absolute atomic E-state index is 0.251. The lowest BCUT2D eigenvalue weighted by molar-refractivity contribution is -0.385. The summed E-state index contributed by atoms with van der Waals surface area (Å²) in [5.41, 5.74) is 2.36. The molecule has 4 rings (SSSR count). The molecule has 0 amide bonds. The predicted molar refractivity (Wildman–Crippen MR) is 103 cm³/mol. The first kappa shape index (κ1) is 17.1. The lowest BCUT2D eigenvalue weighted by atomic mass is 10.2. The average Bonchev–Trinajstić information content (AvgIpc) is 3.26. The largest absolute Gasteiger partial charge is 0.341 e. The molecule has 4 aromatic rings. The van der Waals surface area contributed by atoms with Crippen LogP contribution in [0.15, 0.2) is 49.1 Å². The van der Waals surface area contributed by atoms with Gasteiger partial charge in [0.15, 0.2) is 5.82 Å². The van der Waals surface area contributed by atoms with Gasteiger partial charge in [0.25, 0.3) is 5.69 Å². The second-order valence-corrected chi connectivity index (χ2v) is 7.08. The second kappa shape index (κ2) is 6.44. The minimum atomic E-state index is -0.654. The number of hydrogen-bond donors (Lipinski definition) is 0. The summed E-state index contributed by atoms with van der Waals surface area (Å²) in [5, 5.41) is 10.8. The van der Waals surface area contributed by atoms with E-state index in [0.717, 1.165) is 32.5 Å². The van der Waals surface area contributed by atoms with Crippen LogP contribution in [0.2, 0.25) is 0 Å². The van der Waals surface area contributed by atoms with Crippen molar-refractivity contribution >= 4 is 38.6 Å². The molecule has 3 heterocycles. The zero-order valence-corrected chi connectivity index (χ0v) is 15.3. The summed E-state index contributed by atoms with van der Waals surface area (Å²) in [5.74, 6) is -0.654. The van der Waals surface area contributed by atoms with Gasteiger partial charge in [-0.2, -0.15) is 0 Å². The normalized spacial score (nSPS) is 11.1. The third kappa shape index (κ3) is 3.02. The Morgan fingerprint density at radius 2 is 2.04 bits per heavy atom. The number of nitro groups is 1. The molecule has 0 atom stereocenters. The minimum Gasteiger partial charge on any atom is -0.341 e. The first-order valence-corrected chi connectivity index (χ1v) is 8.80. The molecule has 1 aromatic carbocycles. The van der Waals surface area contributed by atoms with E-state index in [0.29, 0.717) is 0 Å². The molecule has 0 saturated carbocycles. The van der Waals surface area contributed by atoms with Crippen molar-refractivity contribution in [1.29, 1.82) is 0 Å². The van der Waals surface area contributed by atoms with Crippen LogP contribution in [-0.2, 0) is 7.05 Å². The van der Waals surface area contributed by atoms with Crippen LogP contribution in [-0.4, -0.2) is 26.5 Å². The quantitative estimate of drug-likeness (QED) is 0.383. The molecule has 0 fully saturated rings. The summed E-state index contributed by atoms with van der Waals surface area (Å²) in [6.07, 6.45) is 5.31. The molecule has 0 N–H and O–H groups in total. The van der Waals surface area contributed by atoms with Crippen molar-refractivity contribution in [2.24, 2.45) is 7.05 Å². The van der Waals surface area contributed by atoms with E-state index in [1.165, 1.54) is 23.5 Å². The molecule has 0 radical (unpaired) electrons. The van der Waals surface area contributed by atoms with Crippen LogP contribution in [0, 0.1) is 15.9 Å². The maximum absolute atomic E-state index is 14.4. The van der Waals surface area contributed by atoms with Crippen molar-refractivity contribution in [3.8, 4) is 10.6 Å². The highest BCUT2D eigenvalue weighted by atomic mass is 32.1. The number of anilines is 2. The van der Waals surface area contributed by atoms with Crippen molar-refractivity contribution < 1.29 is 9.31 Å². The van der Waals surface area contributed by atoms with Gasteiger partial charge in [-0.15, -0.1) is 11.3 Å². The molecule has 0 unspecified atom stereocenters. The maximum Gasteiger partial charge on any atom is 0.272 e. The molecule has 136 valence electrons. The van der Waals surface area contributed by atoms with Crippen molar-refractivity contribution in [2.75, 3.05) is 11.9 Å². The number of non-ortho nitro benzene ring substituents is 1. The van der Waals surface area contributed by atoms with E-state index in [1.54, 1.807) is 30.5 Å². The number of imidazole rings is 1. The summed E-state index contributed by atoms with van der Waals surface area (Å²) in [6.45, 7) is 0. The summed E-state index contributed by atoms with van der Waals surface area (Å²) >= 11 is 1.52. The number of benzene rings is 1. The van der Waals surface area contributed by atoms with Crippen molar-refractivity contribution in [3.05, 3.63) is 65.0 Å². The van der Waals surface area contributed by atoms with Gasteiger partial charge >= 0.3 is 0 Å². The van der Waals surface area contributed by atoms with Gasteiger partial charge in [-0.05, 0) is 18.2 Å². The zero-order chi connectivity index (χ0) is 19.1. The first-order valence-electron chi connectivity index (χ1n) is 7.98. The van der Waals surface area contributed by atoms with Crippen LogP contribution >= 0.6 is 11.3 Å². The molecule has 27 heavy (non-hydrogen) atoms. The van der Waals surface area contributed by atoms with Crippen molar-refractivity contribution in [3.63, 3.8) is 0 Å². The van der Waals surface area contributed by atoms with Crippen molar-refractivity contribution in [1.82, 2.24) is 14.5 Å². The predicted octanol–water partition coefficient (Wildman–Crippen LogP) is 4.51. The van der Waals surface area contributed by atoms with E-state index in [1.807, 2.05) is 23.9 Å². The molecule has 0 aliphatic heterocycles. The molecule has 3 aromatic heterocycles. The number of rotatable bonds is 4. The Labute approximate surface area is 157 Å². The van der Waals surface area contributed by atoms with Gasteiger partial charge in [-0.25, -0.2) is 9.37 Å². The standard InChI is InChI=1S/C18H14FN5O2S/c1-22-9-14(21-10-22)17-8-13-18(27-17)16(5-6-20-13)23(2)15-4-3-11(24(25)26)7-12(15)19/h3-10H,1-2H3. The van der Waals surface area contributed by atoms with Gasteiger partial charge in [0.05, 0.1) is 49.5 Å². The molecule has 0 spiro atoms. The van der Waals surface area contributed by atoms with E-state index < -0.39 is 10.7 Å². The number of thiophene rings is 1. The third-order valence-electron chi connectivity index (χ3n) is 4.21. The van der Waals surface area contributed by atoms with Crippen LogP contribution in [0.25, 0.3) is 20.8 Å². The lowest BCUT2D eigenvalue weighted by Gasteiger charge is -2.20. The zero-order valence-electron chi connectivity index (χ0n) is 14.5. The van der Waals surface area contributed by atoms with E-state index >= 15 is 0 Å². The molecule has 7 nitrogen and oxygen atoms in total. The lowest BCUT2D eigenvalue weighted by Crippen LogP contribution is -2.11. The molecule has 0 bridgehead atoms. The average molecular weight is 383 g/mol. The van der Waals surface area contributed by atoms with Crippen LogP contribution < -0.4 is 4.90 Å². The summed E-state index contributed by atoms with van der Waals surface area (Å²) in [7, 11) is 3.62. The fourth-order valence-corrected chi connectivity index (χ4v) is 3.99. The topological polar surface area (TPSA) is 77.1 Å². The fourth-order valence-electron chi connectivity index (χ4n) is 2.87. The summed E-state index contributed by atoms with van der Waals surface area (Å²) in [6, 6.07) is 7.37. The highest BCUT2D eigenvalue weighted by molar-refractivity contribution is 7.22. The van der Waals surface area contributed by atoms with E-state index in [-0.39, 0.29) is 11.4 Å². The summed E-state index contributed by atoms with van der Waals surface area (Å²) < 4.78 is 17.2. The number of halogens is 1. The number of hydrogen-bond acceptors (Lipinski definition) is 6.